The van der Waals surface area contributed by atoms with Crippen LogP contribution in [0.5, 0.6) is 0 Å². The SMILES string of the molecule is CC(C)C.CCCC.CCCCC.CCCCCC. The molecule has 0 unspecified atom stereocenters. The van der Waals surface area contributed by atoms with Gasteiger partial charge in [0, 0.05) is 0 Å². The second-order valence-corrected chi connectivity index (χ2v) is 5.79. The molecule has 0 aliphatic rings. The zero-order valence-electron chi connectivity index (χ0n) is 15.9. The molecule has 0 heterocycles. The summed E-state index contributed by atoms with van der Waals surface area (Å²) in [5.74, 6) is 0.833. The van der Waals surface area contributed by atoms with Crippen LogP contribution in [0.2, 0.25) is 0 Å². The number of hydrogen-bond donors (Lipinski definition) is 0. The van der Waals surface area contributed by atoms with Gasteiger partial charge in [0.05, 0.1) is 0 Å². The molecule has 122 valence electrons. The molecule has 0 N–H and O–H groups in total. The van der Waals surface area contributed by atoms with E-state index in [1.807, 2.05) is 0 Å². The summed E-state index contributed by atoms with van der Waals surface area (Å²) in [4.78, 5) is 0. The molecule has 0 saturated heterocycles. The minimum atomic E-state index is 0.833. The van der Waals surface area contributed by atoms with Crippen molar-refractivity contribution in [3.63, 3.8) is 0 Å². The smallest absolute Gasteiger partial charge is 0.0500 e. The van der Waals surface area contributed by atoms with E-state index in [9.17, 15) is 0 Å². The molecule has 19 heavy (non-hydrogen) atoms. The number of hydrogen-bond acceptors (Lipinski definition) is 0. The first-order chi connectivity index (χ1) is 8.97. The topological polar surface area (TPSA) is 0 Å². The standard InChI is InChI=1S/C6H14.C5H12.2C4H10/c1-3-5-6-4-2;1-3-5-4-2;1-4(2)3;1-3-4-2/h3-6H2,1-2H3;3-5H2,1-2H3;4H,1-3H3;3-4H2,1-2H3. The molecule has 0 fully saturated rings. The van der Waals surface area contributed by atoms with Crippen molar-refractivity contribution >= 4 is 0 Å². The van der Waals surface area contributed by atoms with Crippen molar-refractivity contribution in [1.29, 1.82) is 0 Å². The molecule has 0 rings (SSSR count). The molecule has 0 aromatic rings. The van der Waals surface area contributed by atoms with E-state index in [0.717, 1.165) is 5.92 Å². The van der Waals surface area contributed by atoms with Gasteiger partial charge in [-0.15, -0.1) is 0 Å². The molecule has 0 amide bonds. The van der Waals surface area contributed by atoms with E-state index >= 15 is 0 Å². The van der Waals surface area contributed by atoms with Gasteiger partial charge in [-0.25, -0.2) is 0 Å². The molecule has 0 radical (unpaired) electrons. The summed E-state index contributed by atoms with van der Waals surface area (Å²) in [6.45, 7) is 19.7. The molecule has 0 aliphatic heterocycles. The van der Waals surface area contributed by atoms with Crippen LogP contribution in [0.3, 0.4) is 0 Å². The molecule has 0 nitrogen and oxygen atoms in total. The minimum Gasteiger partial charge on any atom is -0.0654 e. The van der Waals surface area contributed by atoms with E-state index in [2.05, 4.69) is 62.3 Å². The van der Waals surface area contributed by atoms with Gasteiger partial charge in [0.15, 0.2) is 0 Å². The van der Waals surface area contributed by atoms with Crippen molar-refractivity contribution in [1.82, 2.24) is 0 Å². The molecule has 0 aromatic heterocycles. The fraction of sp³-hybridized carbons (Fsp3) is 1.00. The Labute approximate surface area is 126 Å². The lowest BCUT2D eigenvalue weighted by Crippen LogP contribution is -1.66. The first kappa shape index (κ1) is 27.4. The molecule has 0 heteroatoms. The van der Waals surface area contributed by atoms with Gasteiger partial charge in [-0.05, 0) is 5.92 Å². The summed E-state index contributed by atoms with van der Waals surface area (Å²) >= 11 is 0. The van der Waals surface area contributed by atoms with Crippen molar-refractivity contribution in [2.75, 3.05) is 0 Å². The third kappa shape index (κ3) is 128. The van der Waals surface area contributed by atoms with Gasteiger partial charge in [0.1, 0.15) is 0 Å². The Balaban J connectivity index is -0.0000000803. The maximum absolute atomic E-state index is 2.23. The predicted octanol–water partition coefficient (Wildman–Crippen LogP) is 8.25. The Bertz CT molecular complexity index is 73.3. The van der Waals surface area contributed by atoms with Crippen LogP contribution in [-0.2, 0) is 0 Å². The fourth-order valence-corrected chi connectivity index (χ4v) is 0.854. The van der Waals surface area contributed by atoms with Gasteiger partial charge in [0.2, 0.25) is 0 Å². The number of unbranched alkanes of at least 4 members (excludes halogenated alkanes) is 6. The van der Waals surface area contributed by atoms with E-state index in [1.165, 1.54) is 57.8 Å². The molecule has 0 aromatic carbocycles. The highest BCUT2D eigenvalue weighted by Crippen LogP contribution is 1.95. The Kier molecular flexibility index (Phi) is 52.0. The van der Waals surface area contributed by atoms with Crippen molar-refractivity contribution in [2.24, 2.45) is 5.92 Å². The third-order valence-corrected chi connectivity index (χ3v) is 2.16. The quantitative estimate of drug-likeness (QED) is 0.428. The van der Waals surface area contributed by atoms with Crippen LogP contribution < -0.4 is 0 Å². The lowest BCUT2D eigenvalue weighted by atomic mass is 10.2. The zero-order chi connectivity index (χ0) is 15.9. The van der Waals surface area contributed by atoms with Crippen LogP contribution in [0.25, 0.3) is 0 Å². The van der Waals surface area contributed by atoms with E-state index in [1.54, 1.807) is 0 Å². The highest BCUT2D eigenvalue weighted by atomic mass is 13.8. The monoisotopic (exact) mass is 274 g/mol. The van der Waals surface area contributed by atoms with Crippen molar-refractivity contribution in [3.05, 3.63) is 0 Å². The van der Waals surface area contributed by atoms with Crippen LogP contribution in [-0.4, -0.2) is 0 Å². The molecule has 0 bridgehead atoms. The maximum atomic E-state index is 2.23. The Morgan fingerprint density at radius 1 is 0.421 bits per heavy atom. The lowest BCUT2D eigenvalue weighted by Gasteiger charge is -1.86. The Morgan fingerprint density at radius 3 is 0.684 bits per heavy atom. The molecule has 0 atom stereocenters. The van der Waals surface area contributed by atoms with E-state index < -0.39 is 0 Å². The first-order valence-electron chi connectivity index (χ1n) is 8.97. The average Bonchev–Trinajstić information content (AvgIpc) is 2.37. The average molecular weight is 275 g/mol. The second kappa shape index (κ2) is 36.1. The van der Waals surface area contributed by atoms with Gasteiger partial charge in [-0.2, -0.15) is 0 Å². The molecular weight excluding hydrogens is 228 g/mol. The van der Waals surface area contributed by atoms with Crippen LogP contribution in [0.1, 0.15) is 120 Å². The minimum absolute atomic E-state index is 0.833. The molecular formula is C19H46. The van der Waals surface area contributed by atoms with Gasteiger partial charge in [0.25, 0.3) is 0 Å². The molecule has 0 aliphatic carbocycles. The number of rotatable bonds is 6. The van der Waals surface area contributed by atoms with Crippen LogP contribution >= 0.6 is 0 Å². The van der Waals surface area contributed by atoms with Crippen molar-refractivity contribution in [3.8, 4) is 0 Å². The summed E-state index contributed by atoms with van der Waals surface area (Å²) in [6.07, 6.45) is 12.3. The normalized spacial score (nSPS) is 8.53. The summed E-state index contributed by atoms with van der Waals surface area (Å²) in [7, 11) is 0. The summed E-state index contributed by atoms with van der Waals surface area (Å²) in [5.41, 5.74) is 0. The fourth-order valence-electron chi connectivity index (χ4n) is 0.854. The van der Waals surface area contributed by atoms with Crippen molar-refractivity contribution in [2.45, 2.75) is 120 Å². The molecule has 0 spiro atoms. The molecule has 0 saturated carbocycles. The maximum Gasteiger partial charge on any atom is -0.0500 e. The summed E-state index contributed by atoms with van der Waals surface area (Å²) in [6, 6.07) is 0. The van der Waals surface area contributed by atoms with Gasteiger partial charge in [-0.3, -0.25) is 0 Å². The van der Waals surface area contributed by atoms with E-state index in [-0.39, 0.29) is 0 Å². The van der Waals surface area contributed by atoms with E-state index in [0.29, 0.717) is 0 Å². The van der Waals surface area contributed by atoms with Gasteiger partial charge in [-0.1, -0.05) is 120 Å². The highest BCUT2D eigenvalue weighted by Gasteiger charge is 1.75. The van der Waals surface area contributed by atoms with Crippen LogP contribution in [0.4, 0.5) is 0 Å². The summed E-state index contributed by atoms with van der Waals surface area (Å²) < 4.78 is 0. The first-order valence-corrected chi connectivity index (χ1v) is 8.97. The van der Waals surface area contributed by atoms with Gasteiger partial charge >= 0.3 is 0 Å². The van der Waals surface area contributed by atoms with Crippen molar-refractivity contribution < 1.29 is 0 Å². The lowest BCUT2D eigenvalue weighted by molar-refractivity contribution is 0.702. The predicted molar refractivity (Wildman–Crippen MR) is 96.1 cm³/mol. The van der Waals surface area contributed by atoms with Crippen LogP contribution in [0, 0.1) is 5.92 Å². The van der Waals surface area contributed by atoms with E-state index in [4.69, 9.17) is 0 Å². The second-order valence-electron chi connectivity index (χ2n) is 5.79. The zero-order valence-corrected chi connectivity index (χ0v) is 15.9. The largest absolute Gasteiger partial charge is 0.0654 e. The highest BCUT2D eigenvalue weighted by molar-refractivity contribution is 4.31. The van der Waals surface area contributed by atoms with Crippen LogP contribution in [0.15, 0.2) is 0 Å². The van der Waals surface area contributed by atoms with Gasteiger partial charge < -0.3 is 0 Å². The Morgan fingerprint density at radius 2 is 0.632 bits per heavy atom. The Hall–Kier alpha value is 0. The third-order valence-electron chi connectivity index (χ3n) is 2.16. The summed E-state index contributed by atoms with van der Waals surface area (Å²) in [5, 5.41) is 0.